The number of aromatic amines is 1. The zero-order valence-corrected chi connectivity index (χ0v) is 15.1. The minimum atomic E-state index is -1.09. The lowest BCUT2D eigenvalue weighted by molar-refractivity contribution is 0.00578. The summed E-state index contributed by atoms with van der Waals surface area (Å²) >= 11 is 0. The third kappa shape index (κ3) is 2.62. The summed E-state index contributed by atoms with van der Waals surface area (Å²) in [7, 11) is -1.09. The first-order valence-corrected chi connectivity index (χ1v) is 8.48. The highest BCUT2D eigenvalue weighted by Crippen LogP contribution is 2.37. The minimum absolute atomic E-state index is 0.219. The van der Waals surface area contributed by atoms with Gasteiger partial charge in [-0.15, -0.1) is 0 Å². The molecule has 0 aliphatic carbocycles. The molecule has 1 aliphatic rings. The number of para-hydroxylation sites is 2. The summed E-state index contributed by atoms with van der Waals surface area (Å²) in [6.45, 7) is 7.36. The van der Waals surface area contributed by atoms with E-state index in [4.69, 9.17) is 9.31 Å². The van der Waals surface area contributed by atoms with E-state index >= 15 is 0 Å². The fourth-order valence-electron chi connectivity index (χ4n) is 3.00. The molecule has 1 aliphatic heterocycles. The van der Waals surface area contributed by atoms with Crippen LogP contribution in [-0.2, 0) is 9.31 Å². The summed E-state index contributed by atoms with van der Waals surface area (Å²) in [4.78, 5) is 7.46. The normalized spacial score (nSPS) is 18.6. The molecule has 0 spiro atoms. The molecule has 0 radical (unpaired) electrons. The van der Waals surface area contributed by atoms with Crippen molar-refractivity contribution in [2.45, 2.75) is 38.9 Å². The summed E-state index contributed by atoms with van der Waals surface area (Å²) < 4.78 is 41.1. The Morgan fingerprint density at radius 1 is 0.962 bits per heavy atom. The number of hydrogen-bond acceptors (Lipinski definition) is 3. The maximum Gasteiger partial charge on any atom is 0.500 e. The number of imidazole rings is 1. The van der Waals surface area contributed by atoms with E-state index in [0.29, 0.717) is 11.4 Å². The Bertz CT molecular complexity index is 928. The van der Waals surface area contributed by atoms with E-state index in [1.54, 1.807) is 0 Å². The van der Waals surface area contributed by atoms with Crippen LogP contribution < -0.4 is 5.46 Å². The quantitative estimate of drug-likeness (QED) is 0.711. The van der Waals surface area contributed by atoms with Crippen molar-refractivity contribution in [3.63, 3.8) is 0 Å². The first-order valence-electron chi connectivity index (χ1n) is 8.48. The highest BCUT2D eigenvalue weighted by atomic mass is 19.1. The van der Waals surface area contributed by atoms with Gasteiger partial charge in [-0.3, -0.25) is 0 Å². The highest BCUT2D eigenvalue weighted by Gasteiger charge is 2.53. The molecule has 0 amide bonds. The number of benzene rings is 2. The Hall–Kier alpha value is -2.25. The molecule has 2 aromatic carbocycles. The molecular weight excluding hydrogens is 337 g/mol. The summed E-state index contributed by atoms with van der Waals surface area (Å²) in [6.07, 6.45) is 0. The summed E-state index contributed by atoms with van der Waals surface area (Å²) in [5.74, 6) is -1.04. The lowest BCUT2D eigenvalue weighted by atomic mass is 9.77. The molecule has 0 bridgehead atoms. The van der Waals surface area contributed by atoms with E-state index in [0.717, 1.165) is 11.0 Å². The third-order valence-corrected chi connectivity index (χ3v) is 5.23. The summed E-state index contributed by atoms with van der Waals surface area (Å²) in [5, 5.41) is 0. The Labute approximate surface area is 150 Å². The number of aromatic nitrogens is 2. The van der Waals surface area contributed by atoms with E-state index in [-0.39, 0.29) is 5.46 Å². The number of nitrogens with zero attached hydrogens (tertiary/aromatic N) is 1. The predicted molar refractivity (Wildman–Crippen MR) is 97.2 cm³/mol. The molecule has 7 heteroatoms. The third-order valence-electron chi connectivity index (χ3n) is 5.23. The van der Waals surface area contributed by atoms with Crippen LogP contribution in [0.25, 0.3) is 22.4 Å². The van der Waals surface area contributed by atoms with Gasteiger partial charge in [0.05, 0.1) is 27.7 Å². The van der Waals surface area contributed by atoms with Crippen LogP contribution in [0.5, 0.6) is 0 Å². The van der Waals surface area contributed by atoms with Gasteiger partial charge in [0.2, 0.25) is 0 Å². The van der Waals surface area contributed by atoms with E-state index < -0.39 is 30.0 Å². The van der Waals surface area contributed by atoms with Crippen molar-refractivity contribution in [2.75, 3.05) is 0 Å². The van der Waals surface area contributed by atoms with Crippen molar-refractivity contribution >= 4 is 23.6 Å². The van der Waals surface area contributed by atoms with Gasteiger partial charge in [0.1, 0.15) is 17.5 Å². The molecule has 4 nitrogen and oxygen atoms in total. The largest absolute Gasteiger partial charge is 0.500 e. The van der Waals surface area contributed by atoms with Crippen LogP contribution in [-0.4, -0.2) is 28.3 Å². The summed E-state index contributed by atoms with van der Waals surface area (Å²) in [6, 6.07) is 9.92. The predicted octanol–water partition coefficient (Wildman–Crippen LogP) is 3.81. The monoisotopic (exact) mass is 356 g/mol. The average molecular weight is 356 g/mol. The maximum atomic E-state index is 14.8. The van der Waals surface area contributed by atoms with Gasteiger partial charge >= 0.3 is 7.12 Å². The molecule has 1 N–H and O–H groups in total. The lowest BCUT2D eigenvalue weighted by Gasteiger charge is -2.32. The molecule has 0 saturated carbocycles. The number of fused-ring (bicyclic) bond motifs is 1. The SMILES string of the molecule is CC1(C)OB(c2c(F)cc(-c3nc4ccccc4[nH]3)cc2F)OC1(C)C. The Kier molecular flexibility index (Phi) is 3.72. The average Bonchev–Trinajstić information content (AvgIpc) is 3.05. The van der Waals surface area contributed by atoms with Gasteiger partial charge in [-0.1, -0.05) is 12.1 Å². The number of hydrogen-bond donors (Lipinski definition) is 1. The second-order valence-corrected chi connectivity index (χ2v) is 7.54. The van der Waals surface area contributed by atoms with Crippen LogP contribution in [0.3, 0.4) is 0 Å². The van der Waals surface area contributed by atoms with Crippen LogP contribution in [0.15, 0.2) is 36.4 Å². The van der Waals surface area contributed by atoms with Crippen molar-refractivity contribution in [2.24, 2.45) is 0 Å². The van der Waals surface area contributed by atoms with Gasteiger partial charge in [-0.2, -0.15) is 0 Å². The van der Waals surface area contributed by atoms with Crippen LogP contribution in [0.2, 0.25) is 0 Å². The number of nitrogens with one attached hydrogen (secondary N) is 1. The first-order chi connectivity index (χ1) is 12.2. The van der Waals surface area contributed by atoms with Crippen LogP contribution >= 0.6 is 0 Å². The number of H-pyrrole nitrogens is 1. The second-order valence-electron chi connectivity index (χ2n) is 7.54. The van der Waals surface area contributed by atoms with Crippen molar-refractivity contribution in [1.82, 2.24) is 9.97 Å². The fourth-order valence-corrected chi connectivity index (χ4v) is 3.00. The molecule has 0 unspecified atom stereocenters. The molecule has 3 aromatic rings. The van der Waals surface area contributed by atoms with Crippen molar-refractivity contribution in [3.8, 4) is 11.4 Å². The van der Waals surface area contributed by atoms with Gasteiger partial charge in [-0.25, -0.2) is 13.8 Å². The molecule has 26 heavy (non-hydrogen) atoms. The molecule has 2 heterocycles. The van der Waals surface area contributed by atoms with Crippen LogP contribution in [0, 0.1) is 11.6 Å². The van der Waals surface area contributed by atoms with Gasteiger partial charge in [0.25, 0.3) is 0 Å². The van der Waals surface area contributed by atoms with Crippen molar-refractivity contribution in [3.05, 3.63) is 48.0 Å². The molecule has 1 aromatic heterocycles. The first kappa shape index (κ1) is 17.2. The Balaban J connectivity index is 1.74. The zero-order valence-electron chi connectivity index (χ0n) is 15.1. The van der Waals surface area contributed by atoms with E-state index in [2.05, 4.69) is 9.97 Å². The zero-order chi connectivity index (χ0) is 18.7. The standard InChI is InChI=1S/C19H19BF2N2O2/c1-18(2)19(3,4)26-20(25-18)16-12(21)9-11(10-13(16)22)17-23-14-7-5-6-8-15(14)24-17/h5-10H,1-4H3,(H,23,24). The number of halogens is 2. The van der Waals surface area contributed by atoms with E-state index in [1.807, 2.05) is 52.0 Å². The lowest BCUT2D eigenvalue weighted by Crippen LogP contribution is -2.41. The summed E-state index contributed by atoms with van der Waals surface area (Å²) in [5.41, 5.74) is 0.304. The molecule has 1 fully saturated rings. The van der Waals surface area contributed by atoms with Gasteiger partial charge in [0, 0.05) is 5.56 Å². The smallest absolute Gasteiger partial charge is 0.399 e. The van der Waals surface area contributed by atoms with Gasteiger partial charge in [-0.05, 0) is 52.0 Å². The second kappa shape index (κ2) is 5.63. The highest BCUT2D eigenvalue weighted by molar-refractivity contribution is 6.62. The topological polar surface area (TPSA) is 47.1 Å². The van der Waals surface area contributed by atoms with Crippen molar-refractivity contribution in [1.29, 1.82) is 0 Å². The molecule has 4 rings (SSSR count). The molecular formula is C19H19BF2N2O2. The fraction of sp³-hybridized carbons (Fsp3) is 0.316. The minimum Gasteiger partial charge on any atom is -0.399 e. The number of rotatable bonds is 2. The van der Waals surface area contributed by atoms with E-state index in [1.165, 1.54) is 12.1 Å². The van der Waals surface area contributed by atoms with Crippen molar-refractivity contribution < 1.29 is 18.1 Å². The van der Waals surface area contributed by atoms with E-state index in [9.17, 15) is 8.78 Å². The molecule has 1 saturated heterocycles. The van der Waals surface area contributed by atoms with Gasteiger partial charge in [0.15, 0.2) is 0 Å². The Morgan fingerprint density at radius 2 is 1.54 bits per heavy atom. The molecule has 134 valence electrons. The maximum absolute atomic E-state index is 14.8. The Morgan fingerprint density at radius 3 is 2.12 bits per heavy atom. The van der Waals surface area contributed by atoms with Crippen LogP contribution in [0.1, 0.15) is 27.7 Å². The molecule has 0 atom stereocenters. The van der Waals surface area contributed by atoms with Gasteiger partial charge < -0.3 is 14.3 Å². The van der Waals surface area contributed by atoms with Crippen LogP contribution in [0.4, 0.5) is 8.78 Å².